The number of nitrogens with one attached hydrogen (secondary N) is 2. The predicted molar refractivity (Wildman–Crippen MR) is 96.4 cm³/mol. The van der Waals surface area contributed by atoms with E-state index in [1.54, 1.807) is 6.07 Å². The number of hydrogen-bond acceptors (Lipinski definition) is 3. The lowest BCUT2D eigenvalue weighted by molar-refractivity contribution is 0.0620. The highest BCUT2D eigenvalue weighted by atomic mass is 32.1. The topological polar surface area (TPSA) is 50.4 Å². The SMILES string of the molecule is CC1(C)CC(=O)c2cc(NC(=S)Nc3ccccc3)ccc2O1. The Balaban J connectivity index is 1.74. The molecule has 0 bridgehead atoms. The van der Waals surface area contributed by atoms with Crippen LogP contribution in [0.25, 0.3) is 0 Å². The fourth-order valence-corrected chi connectivity index (χ4v) is 2.78. The molecule has 1 heterocycles. The van der Waals surface area contributed by atoms with Crippen LogP contribution in [0.15, 0.2) is 48.5 Å². The summed E-state index contributed by atoms with van der Waals surface area (Å²) in [5.41, 5.74) is 1.80. The van der Waals surface area contributed by atoms with Crippen LogP contribution < -0.4 is 15.4 Å². The molecule has 1 aliphatic rings. The van der Waals surface area contributed by atoms with Crippen molar-refractivity contribution in [2.24, 2.45) is 0 Å². The molecule has 23 heavy (non-hydrogen) atoms. The number of para-hydroxylation sites is 1. The second-order valence-corrected chi connectivity index (χ2v) is 6.53. The number of benzene rings is 2. The highest BCUT2D eigenvalue weighted by Gasteiger charge is 2.32. The molecule has 0 fully saturated rings. The van der Waals surface area contributed by atoms with Gasteiger partial charge >= 0.3 is 0 Å². The number of carbonyl (C=O) groups is 1. The van der Waals surface area contributed by atoms with Crippen molar-refractivity contribution in [1.82, 2.24) is 0 Å². The van der Waals surface area contributed by atoms with Crippen molar-refractivity contribution < 1.29 is 9.53 Å². The standard InChI is InChI=1S/C18H18N2O2S/c1-18(2)11-15(21)14-10-13(8-9-16(14)22-18)20-17(23)19-12-6-4-3-5-7-12/h3-10H,11H2,1-2H3,(H2,19,20,23). The zero-order valence-corrected chi connectivity index (χ0v) is 13.9. The summed E-state index contributed by atoms with van der Waals surface area (Å²) < 4.78 is 5.85. The Morgan fingerprint density at radius 1 is 1.09 bits per heavy atom. The van der Waals surface area contributed by atoms with Gasteiger partial charge in [0.15, 0.2) is 10.9 Å². The Kier molecular flexibility index (Phi) is 4.05. The number of ether oxygens (including phenoxy) is 1. The maximum Gasteiger partial charge on any atom is 0.175 e. The number of anilines is 2. The maximum atomic E-state index is 12.3. The third kappa shape index (κ3) is 3.68. The van der Waals surface area contributed by atoms with Crippen molar-refractivity contribution in [2.45, 2.75) is 25.9 Å². The van der Waals surface area contributed by atoms with E-state index in [2.05, 4.69) is 10.6 Å². The second kappa shape index (κ2) is 6.01. The lowest BCUT2D eigenvalue weighted by Crippen LogP contribution is -2.35. The Bertz CT molecular complexity index is 757. The van der Waals surface area contributed by atoms with Gasteiger partial charge < -0.3 is 15.4 Å². The van der Waals surface area contributed by atoms with Gasteiger partial charge in [0.1, 0.15) is 11.4 Å². The van der Waals surface area contributed by atoms with Crippen molar-refractivity contribution in [2.75, 3.05) is 10.6 Å². The first kappa shape index (κ1) is 15.5. The first-order valence-electron chi connectivity index (χ1n) is 7.42. The molecule has 1 aliphatic heterocycles. The third-order valence-corrected chi connectivity index (χ3v) is 3.75. The number of Topliss-reactive ketones (excluding diaryl/α,β-unsaturated/α-hetero) is 1. The summed E-state index contributed by atoms with van der Waals surface area (Å²) >= 11 is 5.30. The van der Waals surface area contributed by atoms with E-state index in [0.29, 0.717) is 22.8 Å². The van der Waals surface area contributed by atoms with Crippen molar-refractivity contribution in [3.8, 4) is 5.75 Å². The molecule has 0 saturated heterocycles. The van der Waals surface area contributed by atoms with E-state index in [4.69, 9.17) is 17.0 Å². The Morgan fingerprint density at radius 3 is 2.52 bits per heavy atom. The lowest BCUT2D eigenvalue weighted by Gasteiger charge is -2.31. The molecule has 5 heteroatoms. The van der Waals surface area contributed by atoms with E-state index in [0.717, 1.165) is 11.4 Å². The molecular formula is C18H18N2O2S. The molecule has 0 radical (unpaired) electrons. The zero-order valence-electron chi connectivity index (χ0n) is 13.1. The summed E-state index contributed by atoms with van der Waals surface area (Å²) in [6, 6.07) is 15.1. The van der Waals surface area contributed by atoms with E-state index < -0.39 is 5.60 Å². The van der Waals surface area contributed by atoms with Crippen LogP contribution in [0.4, 0.5) is 11.4 Å². The predicted octanol–water partition coefficient (Wildman–Crippen LogP) is 4.24. The van der Waals surface area contributed by atoms with Crippen LogP contribution >= 0.6 is 12.2 Å². The molecule has 0 saturated carbocycles. The number of thiocarbonyl (C=S) groups is 1. The number of ketones is 1. The Labute approximate surface area is 140 Å². The molecule has 0 aromatic heterocycles. The van der Waals surface area contributed by atoms with E-state index in [1.807, 2.05) is 56.3 Å². The summed E-state index contributed by atoms with van der Waals surface area (Å²) in [5.74, 6) is 0.709. The van der Waals surface area contributed by atoms with E-state index in [-0.39, 0.29) is 5.78 Å². The van der Waals surface area contributed by atoms with Crippen molar-refractivity contribution in [1.29, 1.82) is 0 Å². The molecule has 0 unspecified atom stereocenters. The molecule has 2 aromatic rings. The summed E-state index contributed by atoms with van der Waals surface area (Å²) in [6.45, 7) is 3.83. The van der Waals surface area contributed by atoms with Gasteiger partial charge in [-0.1, -0.05) is 18.2 Å². The van der Waals surface area contributed by atoms with Gasteiger partial charge in [-0.15, -0.1) is 0 Å². The average Bonchev–Trinajstić information content (AvgIpc) is 2.48. The molecule has 118 valence electrons. The average molecular weight is 326 g/mol. The molecule has 0 atom stereocenters. The fraction of sp³-hybridized carbons (Fsp3) is 0.222. The van der Waals surface area contributed by atoms with Gasteiger partial charge in [-0.25, -0.2) is 0 Å². The minimum absolute atomic E-state index is 0.0850. The molecule has 2 aromatic carbocycles. The lowest BCUT2D eigenvalue weighted by atomic mass is 9.93. The summed E-state index contributed by atoms with van der Waals surface area (Å²) in [4.78, 5) is 12.3. The van der Waals surface area contributed by atoms with Crippen molar-refractivity contribution in [3.05, 3.63) is 54.1 Å². The van der Waals surface area contributed by atoms with Crippen LogP contribution in [0.5, 0.6) is 5.75 Å². The van der Waals surface area contributed by atoms with E-state index in [1.165, 1.54) is 0 Å². The zero-order chi connectivity index (χ0) is 16.4. The molecule has 2 N–H and O–H groups in total. The van der Waals surface area contributed by atoms with Crippen molar-refractivity contribution >= 4 is 34.5 Å². The quantitative estimate of drug-likeness (QED) is 0.809. The Morgan fingerprint density at radius 2 is 1.78 bits per heavy atom. The highest BCUT2D eigenvalue weighted by molar-refractivity contribution is 7.80. The van der Waals surface area contributed by atoms with Gasteiger partial charge in [-0.3, -0.25) is 4.79 Å². The van der Waals surface area contributed by atoms with Gasteiger partial charge in [0, 0.05) is 11.4 Å². The number of rotatable bonds is 2. The van der Waals surface area contributed by atoms with Crippen LogP contribution in [0, 0.1) is 0 Å². The fourth-order valence-electron chi connectivity index (χ4n) is 2.55. The molecule has 3 rings (SSSR count). The van der Waals surface area contributed by atoms with Gasteiger partial charge in [0.25, 0.3) is 0 Å². The number of hydrogen-bond donors (Lipinski definition) is 2. The summed E-state index contributed by atoms with van der Waals surface area (Å²) in [7, 11) is 0. The molecular weight excluding hydrogens is 308 g/mol. The summed E-state index contributed by atoms with van der Waals surface area (Å²) in [6.07, 6.45) is 0.371. The monoisotopic (exact) mass is 326 g/mol. The molecule has 0 amide bonds. The number of carbonyl (C=O) groups excluding carboxylic acids is 1. The second-order valence-electron chi connectivity index (χ2n) is 6.12. The van der Waals surface area contributed by atoms with Crippen LogP contribution in [-0.4, -0.2) is 16.5 Å². The van der Waals surface area contributed by atoms with Crippen LogP contribution in [0.3, 0.4) is 0 Å². The van der Waals surface area contributed by atoms with Gasteiger partial charge in [0.05, 0.1) is 12.0 Å². The van der Waals surface area contributed by atoms with Crippen LogP contribution in [-0.2, 0) is 0 Å². The minimum atomic E-state index is -0.455. The van der Waals surface area contributed by atoms with Gasteiger partial charge in [-0.2, -0.15) is 0 Å². The van der Waals surface area contributed by atoms with Gasteiger partial charge in [-0.05, 0) is 56.4 Å². The molecule has 0 spiro atoms. The molecule has 0 aliphatic carbocycles. The van der Waals surface area contributed by atoms with E-state index >= 15 is 0 Å². The van der Waals surface area contributed by atoms with Crippen molar-refractivity contribution in [3.63, 3.8) is 0 Å². The Hall–Kier alpha value is -2.40. The molecule has 4 nitrogen and oxygen atoms in total. The summed E-state index contributed by atoms with van der Waals surface area (Å²) in [5, 5.41) is 6.67. The van der Waals surface area contributed by atoms with Gasteiger partial charge in [0.2, 0.25) is 0 Å². The smallest absolute Gasteiger partial charge is 0.175 e. The largest absolute Gasteiger partial charge is 0.487 e. The highest BCUT2D eigenvalue weighted by Crippen LogP contribution is 2.34. The minimum Gasteiger partial charge on any atom is -0.487 e. The third-order valence-electron chi connectivity index (χ3n) is 3.54. The first-order valence-corrected chi connectivity index (χ1v) is 7.83. The maximum absolute atomic E-state index is 12.3. The normalized spacial score (nSPS) is 15.3. The van der Waals surface area contributed by atoms with Crippen LogP contribution in [0.1, 0.15) is 30.6 Å². The van der Waals surface area contributed by atoms with Crippen LogP contribution in [0.2, 0.25) is 0 Å². The van der Waals surface area contributed by atoms with E-state index in [9.17, 15) is 4.79 Å². The number of fused-ring (bicyclic) bond motifs is 1. The first-order chi connectivity index (χ1) is 10.9.